The summed E-state index contributed by atoms with van der Waals surface area (Å²) in [6.45, 7) is 25.4. The van der Waals surface area contributed by atoms with Crippen LogP contribution in [-0.4, -0.2) is 0 Å². The Morgan fingerprint density at radius 1 is 0.929 bits per heavy atom. The van der Waals surface area contributed by atoms with Gasteiger partial charge in [0.05, 0.1) is 5.69 Å². The summed E-state index contributed by atoms with van der Waals surface area (Å²) < 4.78 is 0. The predicted molar refractivity (Wildman–Crippen MR) is 127 cm³/mol. The van der Waals surface area contributed by atoms with Gasteiger partial charge in [0, 0.05) is 11.4 Å². The first-order valence-electron chi connectivity index (χ1n) is 10.1. The van der Waals surface area contributed by atoms with E-state index in [1.54, 1.807) is 0 Å². The molecule has 0 aliphatic carbocycles. The molecule has 0 aliphatic rings. The quantitative estimate of drug-likeness (QED) is 0.474. The Balaban J connectivity index is 0.00000190. The van der Waals surface area contributed by atoms with Crippen LogP contribution in [0.15, 0.2) is 79.0 Å². The van der Waals surface area contributed by atoms with Crippen molar-refractivity contribution in [3.63, 3.8) is 0 Å². The molecule has 0 heterocycles. The van der Waals surface area contributed by atoms with Gasteiger partial charge in [-0.3, -0.25) is 0 Å². The largest absolute Gasteiger partial charge is 0.310 e. The Labute approximate surface area is 173 Å². The van der Waals surface area contributed by atoms with E-state index in [9.17, 15) is 0 Å². The summed E-state index contributed by atoms with van der Waals surface area (Å²) in [6.07, 6.45) is 4.08. The molecule has 0 aliphatic heterocycles. The fourth-order valence-electron chi connectivity index (χ4n) is 2.94. The van der Waals surface area contributed by atoms with Crippen molar-refractivity contribution in [1.29, 1.82) is 0 Å². The number of rotatable bonds is 5. The fraction of sp³-hybridized carbons (Fsp3) is 0.333. The molecule has 28 heavy (non-hydrogen) atoms. The van der Waals surface area contributed by atoms with Gasteiger partial charge in [0.15, 0.2) is 0 Å². The maximum atomic E-state index is 4.30. The number of hydrogen-bond donors (Lipinski definition) is 0. The number of benzene rings is 2. The lowest BCUT2D eigenvalue weighted by Crippen LogP contribution is -2.19. The minimum atomic E-state index is 0.00725. The maximum absolute atomic E-state index is 4.30. The Kier molecular flexibility index (Phi) is 8.50. The minimum Gasteiger partial charge on any atom is -0.310 e. The zero-order valence-corrected chi connectivity index (χ0v) is 19.1. The van der Waals surface area contributed by atoms with E-state index >= 15 is 0 Å². The van der Waals surface area contributed by atoms with E-state index in [-0.39, 0.29) is 5.41 Å². The molecule has 0 amide bonds. The highest BCUT2D eigenvalue weighted by atomic mass is 15.1. The van der Waals surface area contributed by atoms with Crippen molar-refractivity contribution in [2.45, 2.75) is 55.4 Å². The molecule has 1 nitrogen and oxygen atoms in total. The van der Waals surface area contributed by atoms with Gasteiger partial charge in [-0.25, -0.2) is 0 Å². The molecular formula is C27H37N. The highest BCUT2D eigenvalue weighted by Gasteiger charge is 2.19. The van der Waals surface area contributed by atoms with Crippen LogP contribution in [0.5, 0.6) is 0 Å². The Hall–Kier alpha value is -2.54. The van der Waals surface area contributed by atoms with Crippen LogP contribution in [0, 0.1) is 26.2 Å². The van der Waals surface area contributed by atoms with Crippen LogP contribution in [-0.2, 0) is 0 Å². The summed E-state index contributed by atoms with van der Waals surface area (Å²) in [7, 11) is 0. The van der Waals surface area contributed by atoms with E-state index in [0.717, 1.165) is 17.0 Å². The maximum Gasteiger partial charge on any atom is 0.0519 e. The standard InChI is InChI=1S/C25H31N.C2H6/c1-9-22(17-21(5)25(6,7)8)26(23-15-10-12-18(2)16-23)24-19(3)13-11-14-20(24)4;1-2/h9-17H,1,5H2,2-4,6-8H3;1-2H3/b22-17+;. The summed E-state index contributed by atoms with van der Waals surface area (Å²) in [5.41, 5.74) is 8.16. The predicted octanol–water partition coefficient (Wildman–Crippen LogP) is 8.45. The van der Waals surface area contributed by atoms with E-state index in [4.69, 9.17) is 0 Å². The molecule has 0 unspecified atom stereocenters. The summed E-state index contributed by atoms with van der Waals surface area (Å²) >= 11 is 0. The van der Waals surface area contributed by atoms with E-state index < -0.39 is 0 Å². The number of anilines is 2. The van der Waals surface area contributed by atoms with Gasteiger partial charge in [-0.1, -0.05) is 78.1 Å². The normalized spacial score (nSPS) is 11.4. The smallest absolute Gasteiger partial charge is 0.0519 e. The topological polar surface area (TPSA) is 3.24 Å². The molecule has 2 rings (SSSR count). The summed E-state index contributed by atoms with van der Waals surface area (Å²) in [5, 5.41) is 0. The molecule has 0 aromatic heterocycles. The number of hydrogen-bond acceptors (Lipinski definition) is 1. The fourth-order valence-corrected chi connectivity index (χ4v) is 2.94. The Bertz CT molecular complexity index is 827. The SMILES string of the molecule is C=C/C(=C\C(=C)C(C)(C)C)N(c1cccc(C)c1)c1c(C)cccc1C.CC. The molecule has 0 spiro atoms. The van der Waals surface area contributed by atoms with Gasteiger partial charge in [-0.2, -0.15) is 0 Å². The lowest BCUT2D eigenvalue weighted by atomic mass is 9.87. The van der Waals surface area contributed by atoms with Gasteiger partial charge in [-0.15, -0.1) is 0 Å². The van der Waals surface area contributed by atoms with Crippen LogP contribution in [0.3, 0.4) is 0 Å². The van der Waals surface area contributed by atoms with Crippen LogP contribution >= 0.6 is 0 Å². The van der Waals surface area contributed by atoms with E-state index in [2.05, 4.69) is 108 Å². The van der Waals surface area contributed by atoms with Gasteiger partial charge in [-0.05, 0) is 72.7 Å². The van der Waals surface area contributed by atoms with Gasteiger partial charge in [0.1, 0.15) is 0 Å². The molecule has 150 valence electrons. The molecule has 0 saturated carbocycles. The third-order valence-corrected chi connectivity index (χ3v) is 4.68. The summed E-state index contributed by atoms with van der Waals surface area (Å²) in [4.78, 5) is 2.29. The van der Waals surface area contributed by atoms with Crippen LogP contribution in [0.2, 0.25) is 0 Å². The number of nitrogens with zero attached hydrogens (tertiary/aromatic N) is 1. The van der Waals surface area contributed by atoms with Crippen molar-refractivity contribution >= 4 is 11.4 Å². The third-order valence-electron chi connectivity index (χ3n) is 4.68. The molecule has 0 N–H and O–H groups in total. The van der Waals surface area contributed by atoms with Crippen molar-refractivity contribution in [2.75, 3.05) is 4.90 Å². The van der Waals surface area contributed by atoms with Crippen molar-refractivity contribution in [3.8, 4) is 0 Å². The Morgan fingerprint density at radius 3 is 1.93 bits per heavy atom. The second kappa shape index (κ2) is 10.1. The second-order valence-corrected chi connectivity index (χ2v) is 7.96. The average Bonchev–Trinajstić information content (AvgIpc) is 2.64. The number of allylic oxidation sites excluding steroid dienone is 3. The van der Waals surface area contributed by atoms with Crippen molar-refractivity contribution in [3.05, 3.63) is 95.7 Å². The van der Waals surface area contributed by atoms with Gasteiger partial charge >= 0.3 is 0 Å². The van der Waals surface area contributed by atoms with Crippen molar-refractivity contribution in [2.24, 2.45) is 5.41 Å². The van der Waals surface area contributed by atoms with Gasteiger partial charge in [0.2, 0.25) is 0 Å². The first kappa shape index (κ1) is 23.5. The van der Waals surface area contributed by atoms with E-state index in [0.29, 0.717) is 0 Å². The number of aryl methyl sites for hydroxylation is 3. The van der Waals surface area contributed by atoms with Crippen LogP contribution in [0.25, 0.3) is 0 Å². The molecule has 0 atom stereocenters. The van der Waals surface area contributed by atoms with E-state index in [1.807, 2.05) is 19.9 Å². The number of para-hydroxylation sites is 1. The zero-order chi connectivity index (χ0) is 21.5. The zero-order valence-electron chi connectivity index (χ0n) is 19.1. The lowest BCUT2D eigenvalue weighted by molar-refractivity contribution is 0.518. The van der Waals surface area contributed by atoms with Crippen LogP contribution < -0.4 is 4.90 Å². The molecular weight excluding hydrogens is 338 g/mol. The summed E-state index contributed by atoms with van der Waals surface area (Å²) in [6, 6.07) is 15.0. The van der Waals surface area contributed by atoms with Crippen LogP contribution in [0.4, 0.5) is 11.4 Å². The molecule has 2 aromatic carbocycles. The summed E-state index contributed by atoms with van der Waals surface area (Å²) in [5.74, 6) is 0. The molecule has 1 heteroatoms. The lowest BCUT2D eigenvalue weighted by Gasteiger charge is -2.31. The van der Waals surface area contributed by atoms with Crippen molar-refractivity contribution in [1.82, 2.24) is 0 Å². The Morgan fingerprint density at radius 2 is 1.46 bits per heavy atom. The monoisotopic (exact) mass is 375 g/mol. The third kappa shape index (κ3) is 5.73. The van der Waals surface area contributed by atoms with Crippen molar-refractivity contribution < 1.29 is 0 Å². The van der Waals surface area contributed by atoms with E-state index in [1.165, 1.54) is 22.4 Å². The van der Waals surface area contributed by atoms with Gasteiger partial charge in [0.25, 0.3) is 0 Å². The highest BCUT2D eigenvalue weighted by Crippen LogP contribution is 2.37. The molecule has 0 bridgehead atoms. The second-order valence-electron chi connectivity index (χ2n) is 7.96. The molecule has 0 fully saturated rings. The molecule has 2 aromatic rings. The first-order valence-corrected chi connectivity index (χ1v) is 10.1. The van der Waals surface area contributed by atoms with Crippen LogP contribution in [0.1, 0.15) is 51.3 Å². The highest BCUT2D eigenvalue weighted by molar-refractivity contribution is 5.75. The molecule has 0 saturated heterocycles. The average molecular weight is 376 g/mol. The first-order chi connectivity index (χ1) is 13.1. The molecule has 0 radical (unpaired) electrons. The van der Waals surface area contributed by atoms with Gasteiger partial charge < -0.3 is 4.90 Å². The minimum absolute atomic E-state index is 0.00725.